The summed E-state index contributed by atoms with van der Waals surface area (Å²) in [6.45, 7) is 3.36. The molecule has 0 spiro atoms. The van der Waals surface area contributed by atoms with Crippen LogP contribution >= 0.6 is 0 Å². The van der Waals surface area contributed by atoms with E-state index in [0.29, 0.717) is 24.2 Å². The topological polar surface area (TPSA) is 71.1 Å². The van der Waals surface area contributed by atoms with Crippen LogP contribution in [0.1, 0.15) is 24.5 Å². The largest absolute Gasteiger partial charge is 0.326 e. The molecule has 2 aromatic rings. The van der Waals surface area contributed by atoms with E-state index in [1.54, 1.807) is 18.5 Å². The minimum Gasteiger partial charge on any atom is -0.326 e. The maximum Gasteiger partial charge on any atom is 0.224 e. The molecular weight excluding hydrogens is 278 g/mol. The molecule has 0 saturated heterocycles. The van der Waals surface area contributed by atoms with Gasteiger partial charge in [-0.2, -0.15) is 0 Å². The highest BCUT2D eigenvalue weighted by atomic mass is 16.2. The molecule has 0 saturated carbocycles. The van der Waals surface area contributed by atoms with Crippen molar-refractivity contribution in [3.05, 3.63) is 53.9 Å². The third-order valence-electron chi connectivity index (χ3n) is 3.20. The Morgan fingerprint density at radius 1 is 1.18 bits per heavy atom. The molecule has 5 heteroatoms. The van der Waals surface area contributed by atoms with Crippen LogP contribution < -0.4 is 10.6 Å². The second-order valence-corrected chi connectivity index (χ2v) is 5.12. The molecule has 22 heavy (non-hydrogen) atoms. The molecule has 1 aromatic carbocycles. The van der Waals surface area contributed by atoms with Gasteiger partial charge in [0.05, 0.1) is 0 Å². The van der Waals surface area contributed by atoms with Crippen molar-refractivity contribution in [2.45, 2.75) is 26.7 Å². The summed E-state index contributed by atoms with van der Waals surface area (Å²) in [6, 6.07) is 9.25. The van der Waals surface area contributed by atoms with Crippen molar-refractivity contribution < 1.29 is 9.59 Å². The Morgan fingerprint density at radius 2 is 2.00 bits per heavy atom. The maximum atomic E-state index is 12.0. The predicted octanol–water partition coefficient (Wildman–Crippen LogP) is 2.92. The van der Waals surface area contributed by atoms with Crippen LogP contribution in [0.2, 0.25) is 0 Å². The van der Waals surface area contributed by atoms with Gasteiger partial charge in [-0.15, -0.1) is 0 Å². The number of hydrogen-bond donors (Lipinski definition) is 2. The summed E-state index contributed by atoms with van der Waals surface area (Å²) in [5, 5.41) is 5.59. The van der Waals surface area contributed by atoms with E-state index >= 15 is 0 Å². The van der Waals surface area contributed by atoms with Gasteiger partial charge in [0.25, 0.3) is 0 Å². The lowest BCUT2D eigenvalue weighted by atomic mass is 10.1. The van der Waals surface area contributed by atoms with E-state index in [1.807, 2.05) is 31.2 Å². The van der Waals surface area contributed by atoms with Gasteiger partial charge in [-0.05, 0) is 42.7 Å². The molecule has 1 heterocycles. The fourth-order valence-corrected chi connectivity index (χ4v) is 2.05. The minimum atomic E-state index is -0.136. The maximum absolute atomic E-state index is 12.0. The first kappa shape index (κ1) is 15.7. The molecule has 2 N–H and O–H groups in total. The van der Waals surface area contributed by atoms with E-state index in [-0.39, 0.29) is 11.8 Å². The lowest BCUT2D eigenvalue weighted by Gasteiger charge is -2.10. The second kappa shape index (κ2) is 7.36. The van der Waals surface area contributed by atoms with Crippen LogP contribution in [0.15, 0.2) is 42.7 Å². The number of aromatic nitrogens is 1. The first-order valence-corrected chi connectivity index (χ1v) is 7.11. The Kier molecular flexibility index (Phi) is 5.25. The first-order chi connectivity index (χ1) is 10.5. The quantitative estimate of drug-likeness (QED) is 0.891. The Morgan fingerprint density at radius 3 is 2.68 bits per heavy atom. The molecule has 2 amide bonds. The van der Waals surface area contributed by atoms with Crippen molar-refractivity contribution in [2.24, 2.45) is 0 Å². The highest BCUT2D eigenvalue weighted by Crippen LogP contribution is 2.20. The van der Waals surface area contributed by atoms with Crippen LogP contribution in [-0.2, 0) is 16.0 Å². The zero-order chi connectivity index (χ0) is 15.9. The zero-order valence-electron chi connectivity index (χ0n) is 12.7. The van der Waals surface area contributed by atoms with E-state index < -0.39 is 0 Å². The molecule has 0 atom stereocenters. The van der Waals surface area contributed by atoms with Gasteiger partial charge in [-0.25, -0.2) is 0 Å². The Hall–Kier alpha value is -2.69. The summed E-state index contributed by atoms with van der Waals surface area (Å²) in [6.07, 6.45) is 4.49. The molecule has 0 aliphatic heterocycles. The van der Waals surface area contributed by atoms with Gasteiger partial charge in [0.1, 0.15) is 0 Å². The lowest BCUT2D eigenvalue weighted by Crippen LogP contribution is -2.13. The molecule has 2 rings (SSSR count). The predicted molar refractivity (Wildman–Crippen MR) is 86.7 cm³/mol. The van der Waals surface area contributed by atoms with Crippen molar-refractivity contribution in [1.82, 2.24) is 4.98 Å². The lowest BCUT2D eigenvalue weighted by molar-refractivity contribution is -0.116. The standard InChI is InChI=1S/C17H19N3O2/c1-12-5-7-15(10-16(12)19-13(2)21)20-17(22)8-6-14-4-3-9-18-11-14/h3-5,7,9-11H,6,8H2,1-2H3,(H,19,21)(H,20,22). The molecule has 0 fully saturated rings. The third kappa shape index (κ3) is 4.70. The number of carbonyl (C=O) groups excluding carboxylic acids is 2. The number of anilines is 2. The van der Waals surface area contributed by atoms with E-state index in [4.69, 9.17) is 0 Å². The first-order valence-electron chi connectivity index (χ1n) is 7.11. The van der Waals surface area contributed by atoms with Crippen molar-refractivity contribution in [2.75, 3.05) is 10.6 Å². The number of nitrogens with zero attached hydrogens (tertiary/aromatic N) is 1. The van der Waals surface area contributed by atoms with Crippen LogP contribution in [0, 0.1) is 6.92 Å². The average molecular weight is 297 g/mol. The fraction of sp³-hybridized carbons (Fsp3) is 0.235. The van der Waals surface area contributed by atoms with Gasteiger partial charge in [-0.3, -0.25) is 14.6 Å². The summed E-state index contributed by atoms with van der Waals surface area (Å²) < 4.78 is 0. The number of aryl methyl sites for hydroxylation is 2. The fourth-order valence-electron chi connectivity index (χ4n) is 2.05. The van der Waals surface area contributed by atoms with Gasteiger partial charge in [0, 0.05) is 37.1 Å². The number of benzene rings is 1. The van der Waals surface area contributed by atoms with Gasteiger partial charge < -0.3 is 10.6 Å². The summed E-state index contributed by atoms with van der Waals surface area (Å²) in [5.41, 5.74) is 3.35. The molecule has 0 bridgehead atoms. The summed E-state index contributed by atoms with van der Waals surface area (Å²) in [7, 11) is 0. The van der Waals surface area contributed by atoms with Gasteiger partial charge >= 0.3 is 0 Å². The van der Waals surface area contributed by atoms with E-state index in [9.17, 15) is 9.59 Å². The van der Waals surface area contributed by atoms with E-state index in [0.717, 1.165) is 11.1 Å². The number of carbonyl (C=O) groups is 2. The molecule has 0 radical (unpaired) electrons. The number of hydrogen-bond acceptors (Lipinski definition) is 3. The van der Waals surface area contributed by atoms with Gasteiger partial charge in [-0.1, -0.05) is 12.1 Å². The summed E-state index contributed by atoms with van der Waals surface area (Å²) in [4.78, 5) is 27.2. The number of pyridine rings is 1. The number of amides is 2. The summed E-state index contributed by atoms with van der Waals surface area (Å²) in [5.74, 6) is -0.204. The van der Waals surface area contributed by atoms with E-state index in [1.165, 1.54) is 6.92 Å². The normalized spacial score (nSPS) is 10.1. The smallest absolute Gasteiger partial charge is 0.224 e. The minimum absolute atomic E-state index is 0.0681. The monoisotopic (exact) mass is 297 g/mol. The van der Waals surface area contributed by atoms with Crippen molar-refractivity contribution >= 4 is 23.2 Å². The molecule has 0 aliphatic rings. The van der Waals surface area contributed by atoms with Crippen LogP contribution in [0.5, 0.6) is 0 Å². The van der Waals surface area contributed by atoms with Crippen molar-refractivity contribution in [3.8, 4) is 0 Å². The summed E-state index contributed by atoms with van der Waals surface area (Å²) >= 11 is 0. The SMILES string of the molecule is CC(=O)Nc1cc(NC(=O)CCc2cccnc2)ccc1C. The molecule has 0 unspecified atom stereocenters. The van der Waals surface area contributed by atoms with E-state index in [2.05, 4.69) is 15.6 Å². The molecule has 1 aromatic heterocycles. The Bertz CT molecular complexity index is 669. The van der Waals surface area contributed by atoms with Crippen molar-refractivity contribution in [3.63, 3.8) is 0 Å². The molecule has 114 valence electrons. The zero-order valence-corrected chi connectivity index (χ0v) is 12.7. The Labute approximate surface area is 129 Å². The number of rotatable bonds is 5. The van der Waals surface area contributed by atoms with Crippen LogP contribution in [0.25, 0.3) is 0 Å². The third-order valence-corrected chi connectivity index (χ3v) is 3.20. The van der Waals surface area contributed by atoms with Gasteiger partial charge in [0.2, 0.25) is 11.8 Å². The highest BCUT2D eigenvalue weighted by molar-refractivity contribution is 5.94. The van der Waals surface area contributed by atoms with Crippen LogP contribution in [0.4, 0.5) is 11.4 Å². The average Bonchev–Trinajstić information content (AvgIpc) is 2.49. The second-order valence-electron chi connectivity index (χ2n) is 5.12. The number of nitrogens with one attached hydrogen (secondary N) is 2. The Balaban J connectivity index is 1.95. The van der Waals surface area contributed by atoms with Gasteiger partial charge in [0.15, 0.2) is 0 Å². The highest BCUT2D eigenvalue weighted by Gasteiger charge is 2.06. The van der Waals surface area contributed by atoms with Crippen LogP contribution in [-0.4, -0.2) is 16.8 Å². The molecular formula is C17H19N3O2. The van der Waals surface area contributed by atoms with Crippen molar-refractivity contribution in [1.29, 1.82) is 0 Å². The van der Waals surface area contributed by atoms with Crippen LogP contribution in [0.3, 0.4) is 0 Å². The molecule has 5 nitrogen and oxygen atoms in total. The molecule has 0 aliphatic carbocycles.